The molecule has 0 amide bonds. The number of hydrogen-bond acceptors (Lipinski definition) is 12. The average molecular weight is 849 g/mol. The van der Waals surface area contributed by atoms with E-state index < -0.39 is 36.0 Å². The number of rotatable bonds is 6. The molecule has 6 N–H and O–H groups in total. The molecule has 0 bridgehead atoms. The molecule has 34 heavy (non-hydrogen) atoms. The van der Waals surface area contributed by atoms with E-state index in [4.69, 9.17) is 31.3 Å². The van der Waals surface area contributed by atoms with Crippen LogP contribution in [0.5, 0.6) is 0 Å². The van der Waals surface area contributed by atoms with Gasteiger partial charge in [0.2, 0.25) is 0 Å². The van der Waals surface area contributed by atoms with E-state index in [1.54, 1.807) is 13.8 Å². The Kier molecular flexibility index (Phi) is 22.5. The van der Waals surface area contributed by atoms with Gasteiger partial charge in [0.25, 0.3) is 0 Å². The first-order valence-corrected chi connectivity index (χ1v) is 10.7. The zero-order chi connectivity index (χ0) is 24.8. The summed E-state index contributed by atoms with van der Waals surface area (Å²) in [4.78, 5) is 38.8. The van der Waals surface area contributed by atoms with Crippen molar-refractivity contribution in [3.63, 3.8) is 0 Å². The van der Waals surface area contributed by atoms with Crippen LogP contribution in [0.4, 0.5) is 0 Å². The van der Waals surface area contributed by atoms with Gasteiger partial charge in [-0.25, -0.2) is 0 Å². The number of carbonyl (C=O) groups is 4. The Morgan fingerprint density at radius 1 is 0.647 bits per heavy atom. The number of aliphatic carboxylic acids is 4. The summed E-state index contributed by atoms with van der Waals surface area (Å²) >= 11 is 0. The number of hydrogen-bond donors (Lipinski definition) is 4. The second-order valence-electron chi connectivity index (χ2n) is 8.10. The summed E-state index contributed by atoms with van der Waals surface area (Å²) < 4.78 is 0. The normalized spacial score (nSPS) is 25.2. The van der Waals surface area contributed by atoms with Gasteiger partial charge in [-0.1, -0.05) is 25.7 Å². The first-order chi connectivity index (χ1) is 14.9. The Hall–Kier alpha value is -0.903. The monoisotopic (exact) mass is 848 g/mol. The summed E-state index contributed by atoms with van der Waals surface area (Å²) in [6, 6.07) is -0.738. The molecular formula is C20H34N4O8Pt2. The molecule has 14 heteroatoms. The zero-order valence-corrected chi connectivity index (χ0v) is 23.7. The van der Waals surface area contributed by atoms with Crippen molar-refractivity contribution >= 4 is 23.9 Å². The topological polar surface area (TPSA) is 237 Å². The molecule has 0 aromatic heterocycles. The molecule has 6 atom stereocenters. The zero-order valence-electron chi connectivity index (χ0n) is 19.2. The van der Waals surface area contributed by atoms with Crippen molar-refractivity contribution in [2.75, 3.05) is 0 Å². The van der Waals surface area contributed by atoms with Crippen LogP contribution in [-0.4, -0.2) is 60.1 Å². The van der Waals surface area contributed by atoms with Gasteiger partial charge in [-0.3, -0.25) is 0 Å². The Morgan fingerprint density at radius 2 is 0.912 bits per heavy atom. The van der Waals surface area contributed by atoms with Crippen LogP contribution in [0.3, 0.4) is 0 Å². The minimum atomic E-state index is -2.19. The fourth-order valence-electron chi connectivity index (χ4n) is 3.51. The van der Waals surface area contributed by atoms with Crippen molar-refractivity contribution in [3.05, 3.63) is 0 Å². The Bertz CT molecular complexity index is 577. The molecule has 0 saturated heterocycles. The molecule has 0 heterocycles. The predicted octanol–water partition coefficient (Wildman–Crippen LogP) is -5.55. The van der Waals surface area contributed by atoms with Gasteiger partial charge >= 0.3 is 42.1 Å². The molecule has 12 nitrogen and oxygen atoms in total. The van der Waals surface area contributed by atoms with Crippen LogP contribution < -0.4 is 42.5 Å². The second-order valence-corrected chi connectivity index (χ2v) is 8.10. The van der Waals surface area contributed by atoms with E-state index in [1.807, 2.05) is 0 Å². The van der Waals surface area contributed by atoms with E-state index in [9.17, 15) is 19.8 Å². The second kappa shape index (κ2) is 20.3. The molecule has 0 aromatic carbocycles. The van der Waals surface area contributed by atoms with Crippen molar-refractivity contribution in [1.29, 1.82) is 0 Å². The summed E-state index contributed by atoms with van der Waals surface area (Å²) in [5.41, 5.74) is 11.7. The van der Waals surface area contributed by atoms with Gasteiger partial charge in [0.1, 0.15) is 0 Å². The van der Waals surface area contributed by atoms with Crippen LogP contribution >= 0.6 is 0 Å². The van der Waals surface area contributed by atoms with Crippen molar-refractivity contribution in [2.45, 2.75) is 101 Å². The minimum absolute atomic E-state index is 0. The Morgan fingerprint density at radius 3 is 1.12 bits per heavy atom. The standard InChI is InChI=1S/2C9H18N2O2.C2H2O4.2Pt/c2*1-6(9(12)13)11-8-5-3-2-4-7(8)10;3-1(4)2(5)6;;/h2*6-8,11H,2-5,10H2,1H3,(H,12,13);(H,3,4)(H,5,6);;/q;;;2*+2/p-4/t2*6?,7-,8-;;;/m11.../s1. The molecule has 0 spiro atoms. The third-order valence-electron chi connectivity index (χ3n) is 5.44. The Balaban J connectivity index is -0.000000439. The molecule has 2 unspecified atom stereocenters. The summed E-state index contributed by atoms with van der Waals surface area (Å²) in [5.74, 6) is -6.49. The van der Waals surface area contributed by atoms with Crippen LogP contribution in [-0.2, 0) is 61.3 Å². The van der Waals surface area contributed by atoms with Crippen molar-refractivity contribution < 1.29 is 81.7 Å². The van der Waals surface area contributed by atoms with Gasteiger partial charge in [0.05, 0.1) is 23.9 Å². The molecule has 0 radical (unpaired) electrons. The fourth-order valence-corrected chi connectivity index (χ4v) is 3.51. The van der Waals surface area contributed by atoms with Crippen LogP contribution in [0.2, 0.25) is 0 Å². The quantitative estimate of drug-likeness (QED) is 0.183. The molecule has 2 saturated carbocycles. The molecule has 2 fully saturated rings. The van der Waals surface area contributed by atoms with Gasteiger partial charge in [-0.2, -0.15) is 0 Å². The third kappa shape index (κ3) is 16.7. The minimum Gasteiger partial charge on any atom is -0.548 e. The van der Waals surface area contributed by atoms with Crippen molar-refractivity contribution in [1.82, 2.24) is 10.6 Å². The molecule has 2 aliphatic carbocycles. The van der Waals surface area contributed by atoms with E-state index >= 15 is 0 Å². The molecule has 0 aliphatic heterocycles. The van der Waals surface area contributed by atoms with Crippen molar-refractivity contribution in [2.24, 2.45) is 11.5 Å². The summed E-state index contributed by atoms with van der Waals surface area (Å²) in [7, 11) is 0. The molecule has 2 rings (SSSR count). The third-order valence-corrected chi connectivity index (χ3v) is 5.44. The maximum atomic E-state index is 10.5. The average Bonchev–Trinajstić information content (AvgIpc) is 2.72. The van der Waals surface area contributed by atoms with E-state index in [0.29, 0.717) is 0 Å². The molecule has 0 aromatic rings. The first-order valence-electron chi connectivity index (χ1n) is 10.7. The summed E-state index contributed by atoms with van der Waals surface area (Å²) in [6.45, 7) is 3.19. The SMILES string of the molecule is CC(N[C@@H]1CCCC[C@H]1N)C(=O)[O-].CC(N[C@@H]1CCCC[C@H]1N)C(=O)[O-].O=C([O-])C(=O)[O-].[Pt+2].[Pt+2]. The number of carbonyl (C=O) groups excluding carboxylic acids is 4. The molecule has 2 aliphatic rings. The van der Waals surface area contributed by atoms with E-state index in [2.05, 4.69) is 10.6 Å². The molecular weight excluding hydrogens is 814 g/mol. The summed E-state index contributed by atoms with van der Waals surface area (Å²) in [5, 5.41) is 44.7. The van der Waals surface area contributed by atoms with Gasteiger partial charge in [-0.15, -0.1) is 0 Å². The molecule has 202 valence electrons. The number of carboxylic acid groups (broad SMARTS) is 4. The number of nitrogens with two attached hydrogens (primary N) is 2. The van der Waals surface area contributed by atoms with Gasteiger partial charge in [0.15, 0.2) is 0 Å². The van der Waals surface area contributed by atoms with E-state index in [1.165, 1.54) is 0 Å². The van der Waals surface area contributed by atoms with Gasteiger partial charge < -0.3 is 61.7 Å². The van der Waals surface area contributed by atoms with Crippen LogP contribution in [0, 0.1) is 0 Å². The number of nitrogens with one attached hydrogen (secondary N) is 2. The predicted molar refractivity (Wildman–Crippen MR) is 106 cm³/mol. The largest absolute Gasteiger partial charge is 2.00 e. The summed E-state index contributed by atoms with van der Waals surface area (Å²) in [6.07, 6.45) is 8.47. The van der Waals surface area contributed by atoms with Crippen LogP contribution in [0.15, 0.2) is 0 Å². The van der Waals surface area contributed by atoms with Crippen LogP contribution in [0.25, 0.3) is 0 Å². The number of carboxylic acids is 4. The maximum Gasteiger partial charge on any atom is 2.00 e. The van der Waals surface area contributed by atoms with Crippen molar-refractivity contribution in [3.8, 4) is 0 Å². The van der Waals surface area contributed by atoms with E-state index in [0.717, 1.165) is 51.4 Å². The van der Waals surface area contributed by atoms with Gasteiger partial charge in [-0.05, 0) is 39.5 Å². The maximum absolute atomic E-state index is 10.5. The fraction of sp³-hybridized carbons (Fsp3) is 0.800. The first kappa shape index (κ1) is 37.6. The van der Waals surface area contributed by atoms with Gasteiger partial charge in [0, 0.05) is 36.3 Å². The smallest absolute Gasteiger partial charge is 0.548 e. The van der Waals surface area contributed by atoms with E-state index in [-0.39, 0.29) is 66.3 Å². The Labute approximate surface area is 228 Å². The van der Waals surface area contributed by atoms with Crippen LogP contribution in [0.1, 0.15) is 65.2 Å².